The molecule has 0 aliphatic carbocycles. The quantitative estimate of drug-likeness (QED) is 0.384. The van der Waals surface area contributed by atoms with Crippen LogP contribution in [-0.2, 0) is 5.54 Å². The van der Waals surface area contributed by atoms with Crippen molar-refractivity contribution in [2.75, 3.05) is 0 Å². The van der Waals surface area contributed by atoms with Crippen LogP contribution in [0.3, 0.4) is 0 Å². The number of unbranched alkanes of at least 4 members (excludes halogenated alkanes) is 1. The number of halogens is 1. The van der Waals surface area contributed by atoms with Gasteiger partial charge in [-0.2, -0.15) is 0 Å². The van der Waals surface area contributed by atoms with Crippen LogP contribution >= 0.6 is 15.9 Å². The molecule has 0 radical (unpaired) electrons. The normalized spacial score (nSPS) is 14.8. The van der Waals surface area contributed by atoms with Crippen LogP contribution in [0.15, 0.2) is 71.7 Å². The molecule has 2 atom stereocenters. The zero-order valence-electron chi connectivity index (χ0n) is 14.5. The molecule has 0 amide bonds. The molecule has 2 N–H and O–H groups in total. The number of hydrogen-bond acceptors (Lipinski definition) is 1. The van der Waals surface area contributed by atoms with Crippen LogP contribution in [-0.4, -0.2) is 0 Å². The Kier molecular flexibility index (Phi) is 7.26. The lowest BCUT2D eigenvalue weighted by Gasteiger charge is -2.29. The molecule has 0 heterocycles. The van der Waals surface area contributed by atoms with E-state index >= 15 is 0 Å². The van der Waals surface area contributed by atoms with E-state index in [-0.39, 0.29) is 5.54 Å². The molecule has 0 bridgehead atoms. The van der Waals surface area contributed by atoms with Crippen LogP contribution in [0.1, 0.15) is 56.1 Å². The van der Waals surface area contributed by atoms with E-state index < -0.39 is 0 Å². The highest BCUT2D eigenvalue weighted by Gasteiger charge is 2.25. The van der Waals surface area contributed by atoms with Crippen molar-refractivity contribution >= 4 is 15.9 Å². The Bertz CT molecular complexity index is 620. The van der Waals surface area contributed by atoms with Crippen molar-refractivity contribution in [2.45, 2.75) is 50.5 Å². The summed E-state index contributed by atoms with van der Waals surface area (Å²) in [7, 11) is 0. The van der Waals surface area contributed by atoms with E-state index in [1.165, 1.54) is 24.0 Å². The molecule has 24 heavy (non-hydrogen) atoms. The molecule has 1 nitrogen and oxygen atoms in total. The molecule has 0 aliphatic rings. The topological polar surface area (TPSA) is 26.0 Å². The minimum Gasteiger partial charge on any atom is -0.321 e. The molecule has 0 spiro atoms. The van der Waals surface area contributed by atoms with Gasteiger partial charge in [-0.25, -0.2) is 0 Å². The third-order valence-electron chi connectivity index (χ3n) is 4.81. The van der Waals surface area contributed by atoms with Crippen molar-refractivity contribution in [1.29, 1.82) is 0 Å². The Morgan fingerprint density at radius 2 is 1.75 bits per heavy atom. The second kappa shape index (κ2) is 9.19. The molecule has 128 valence electrons. The van der Waals surface area contributed by atoms with E-state index in [0.29, 0.717) is 5.92 Å². The minimum absolute atomic E-state index is 0.288. The van der Waals surface area contributed by atoms with Gasteiger partial charge in [-0.1, -0.05) is 84.2 Å². The van der Waals surface area contributed by atoms with E-state index in [9.17, 15) is 0 Å². The van der Waals surface area contributed by atoms with Crippen molar-refractivity contribution in [1.82, 2.24) is 0 Å². The van der Waals surface area contributed by atoms with Gasteiger partial charge < -0.3 is 5.73 Å². The number of rotatable bonds is 9. The first-order valence-corrected chi connectivity index (χ1v) is 9.55. The van der Waals surface area contributed by atoms with Crippen LogP contribution in [0.25, 0.3) is 0 Å². The molecule has 0 saturated heterocycles. The van der Waals surface area contributed by atoms with Gasteiger partial charge in [0.1, 0.15) is 0 Å². The highest BCUT2D eigenvalue weighted by Crippen LogP contribution is 2.30. The average Bonchev–Trinajstić information content (AvgIpc) is 2.60. The van der Waals surface area contributed by atoms with Crippen molar-refractivity contribution < 1.29 is 0 Å². The SMILES string of the molecule is C=CCC(N)(CCCC[C@@H](C)c1ccc(Br)cc1)c1ccccc1. The summed E-state index contributed by atoms with van der Waals surface area (Å²) in [6, 6.07) is 19.1. The molecular formula is C22H28BrN. The van der Waals surface area contributed by atoms with Gasteiger partial charge in [0.2, 0.25) is 0 Å². The largest absolute Gasteiger partial charge is 0.321 e. The van der Waals surface area contributed by atoms with E-state index in [0.717, 1.165) is 23.7 Å². The van der Waals surface area contributed by atoms with Gasteiger partial charge in [0.25, 0.3) is 0 Å². The zero-order valence-corrected chi connectivity index (χ0v) is 16.1. The molecule has 0 aromatic heterocycles. The molecular weight excluding hydrogens is 358 g/mol. The van der Waals surface area contributed by atoms with Crippen LogP contribution in [0.4, 0.5) is 0 Å². The monoisotopic (exact) mass is 385 g/mol. The highest BCUT2D eigenvalue weighted by atomic mass is 79.9. The second-order valence-electron chi connectivity index (χ2n) is 6.71. The van der Waals surface area contributed by atoms with Gasteiger partial charge in [-0.3, -0.25) is 0 Å². The summed E-state index contributed by atoms with van der Waals surface area (Å²) < 4.78 is 1.14. The Balaban J connectivity index is 1.87. The molecule has 2 aromatic rings. The number of hydrogen-bond donors (Lipinski definition) is 1. The first-order chi connectivity index (χ1) is 11.5. The molecule has 2 heteroatoms. The molecule has 0 saturated carbocycles. The maximum Gasteiger partial charge on any atom is 0.0444 e. The first-order valence-electron chi connectivity index (χ1n) is 8.76. The summed E-state index contributed by atoms with van der Waals surface area (Å²) in [6.07, 6.45) is 7.29. The Morgan fingerprint density at radius 3 is 2.38 bits per heavy atom. The lowest BCUT2D eigenvalue weighted by molar-refractivity contribution is 0.388. The molecule has 2 rings (SSSR count). The summed E-state index contributed by atoms with van der Waals surface area (Å²) in [5.41, 5.74) is 9.03. The van der Waals surface area contributed by atoms with Gasteiger partial charge >= 0.3 is 0 Å². The summed E-state index contributed by atoms with van der Waals surface area (Å²) in [6.45, 7) is 6.20. The smallest absolute Gasteiger partial charge is 0.0444 e. The maximum atomic E-state index is 6.70. The third-order valence-corrected chi connectivity index (χ3v) is 5.34. The second-order valence-corrected chi connectivity index (χ2v) is 7.63. The lowest BCUT2D eigenvalue weighted by atomic mass is 9.82. The predicted molar refractivity (Wildman–Crippen MR) is 108 cm³/mol. The van der Waals surface area contributed by atoms with Crippen molar-refractivity contribution in [3.8, 4) is 0 Å². The van der Waals surface area contributed by atoms with Gasteiger partial charge in [0.15, 0.2) is 0 Å². The Morgan fingerprint density at radius 1 is 1.08 bits per heavy atom. The van der Waals surface area contributed by atoms with Gasteiger partial charge in [-0.15, -0.1) is 6.58 Å². The van der Waals surface area contributed by atoms with Crippen LogP contribution < -0.4 is 5.73 Å². The Labute approximate surface area is 155 Å². The van der Waals surface area contributed by atoms with Gasteiger partial charge in [0, 0.05) is 10.0 Å². The lowest BCUT2D eigenvalue weighted by Crippen LogP contribution is -2.36. The minimum atomic E-state index is -0.288. The summed E-state index contributed by atoms with van der Waals surface area (Å²) in [4.78, 5) is 0. The molecule has 0 aliphatic heterocycles. The van der Waals surface area contributed by atoms with E-state index in [1.807, 2.05) is 12.1 Å². The predicted octanol–water partition coefficient (Wildman–Crippen LogP) is 6.54. The van der Waals surface area contributed by atoms with E-state index in [2.05, 4.69) is 78.0 Å². The van der Waals surface area contributed by atoms with Crippen molar-refractivity contribution in [3.05, 3.63) is 82.9 Å². The zero-order chi connectivity index (χ0) is 17.4. The number of nitrogens with two attached hydrogens (primary N) is 1. The number of benzene rings is 2. The average molecular weight is 386 g/mol. The molecule has 2 aromatic carbocycles. The highest BCUT2D eigenvalue weighted by molar-refractivity contribution is 9.10. The van der Waals surface area contributed by atoms with Crippen molar-refractivity contribution in [2.24, 2.45) is 5.73 Å². The molecule has 0 fully saturated rings. The first kappa shape index (κ1) is 19.0. The van der Waals surface area contributed by atoms with Crippen LogP contribution in [0.2, 0.25) is 0 Å². The van der Waals surface area contributed by atoms with Crippen LogP contribution in [0, 0.1) is 0 Å². The van der Waals surface area contributed by atoms with Crippen molar-refractivity contribution in [3.63, 3.8) is 0 Å². The van der Waals surface area contributed by atoms with E-state index in [1.54, 1.807) is 0 Å². The summed E-state index contributed by atoms with van der Waals surface area (Å²) in [5.74, 6) is 0.585. The maximum absolute atomic E-state index is 6.70. The van der Waals surface area contributed by atoms with E-state index in [4.69, 9.17) is 5.73 Å². The third kappa shape index (κ3) is 5.32. The summed E-state index contributed by atoms with van der Waals surface area (Å²) in [5, 5.41) is 0. The van der Waals surface area contributed by atoms with Gasteiger partial charge in [0.05, 0.1) is 0 Å². The Hall–Kier alpha value is -1.38. The summed E-state index contributed by atoms with van der Waals surface area (Å²) >= 11 is 3.50. The fourth-order valence-electron chi connectivity index (χ4n) is 3.24. The fourth-order valence-corrected chi connectivity index (χ4v) is 3.51. The molecule has 1 unspecified atom stereocenters. The van der Waals surface area contributed by atoms with Crippen LogP contribution in [0.5, 0.6) is 0 Å². The fraction of sp³-hybridized carbons (Fsp3) is 0.364. The standard InChI is InChI=1S/C22H28BrN/c1-3-16-22(24,20-10-5-4-6-11-20)17-8-7-9-18(2)19-12-14-21(23)15-13-19/h3-6,10-15,18H,1,7-9,16-17,24H2,2H3/t18-,22?/m1/s1. The van der Waals surface area contributed by atoms with Gasteiger partial charge in [-0.05, 0) is 48.4 Å².